The van der Waals surface area contributed by atoms with E-state index in [1.54, 1.807) is 24.3 Å². The highest BCUT2D eigenvalue weighted by atomic mass is 32.2. The van der Waals surface area contributed by atoms with Crippen molar-refractivity contribution in [2.45, 2.75) is 15.7 Å². The largest absolute Gasteiger partial charge is 0.733 e. The Balaban J connectivity index is 1.72. The van der Waals surface area contributed by atoms with Crippen molar-refractivity contribution >= 4 is 42.2 Å². The van der Waals surface area contributed by atoms with Gasteiger partial charge in [0.15, 0.2) is 9.84 Å². The Morgan fingerprint density at radius 3 is 2.47 bits per heavy atom. The van der Waals surface area contributed by atoms with Gasteiger partial charge in [0, 0.05) is 17.5 Å². The molecule has 178 valence electrons. The molecule has 0 bridgehead atoms. The average Bonchev–Trinajstić information content (AvgIpc) is 3.24. The lowest BCUT2D eigenvalue weighted by Crippen LogP contribution is -2.16. The van der Waals surface area contributed by atoms with E-state index in [4.69, 9.17) is 14.4 Å². The molecular weight excluding hydrogens is 484 g/mol. The number of anilines is 2. The number of furan rings is 1. The van der Waals surface area contributed by atoms with Crippen LogP contribution in [-0.2, 0) is 25.6 Å². The summed E-state index contributed by atoms with van der Waals surface area (Å²) in [5, 5.41) is 20.0. The summed E-state index contributed by atoms with van der Waals surface area (Å²) in [6.07, 6.45) is 0. The third kappa shape index (κ3) is 4.84. The predicted octanol–water partition coefficient (Wildman–Crippen LogP) is 3.91. The number of rotatable bonds is 8. The van der Waals surface area contributed by atoms with Crippen molar-refractivity contribution in [3.8, 4) is 5.75 Å². The van der Waals surface area contributed by atoms with E-state index in [1.807, 2.05) is 0 Å². The molecule has 0 aliphatic rings. The van der Waals surface area contributed by atoms with Crippen molar-refractivity contribution in [2.75, 3.05) is 17.1 Å². The molecule has 0 aliphatic heterocycles. The van der Waals surface area contributed by atoms with Crippen LogP contribution in [0.4, 0.5) is 11.4 Å². The summed E-state index contributed by atoms with van der Waals surface area (Å²) in [7, 11) is -7.04. The van der Waals surface area contributed by atoms with Gasteiger partial charge in [0.05, 0.1) is 29.1 Å². The van der Waals surface area contributed by atoms with Crippen molar-refractivity contribution < 1.29 is 31.2 Å². The van der Waals surface area contributed by atoms with Crippen molar-refractivity contribution in [1.82, 2.24) is 0 Å². The van der Waals surface area contributed by atoms with Crippen LogP contribution in [0.1, 0.15) is 5.56 Å². The highest BCUT2D eigenvalue weighted by Crippen LogP contribution is 2.32. The van der Waals surface area contributed by atoms with E-state index in [9.17, 15) is 22.0 Å². The molecule has 0 amide bonds. The number of hydrogen-bond donors (Lipinski definition) is 2. The van der Waals surface area contributed by atoms with Crippen LogP contribution in [0.5, 0.6) is 5.75 Å². The Bertz CT molecular complexity index is 1530. The Kier molecular flexibility index (Phi) is 6.23. The Hall–Kier alpha value is -3.58. The molecule has 10 nitrogen and oxygen atoms in total. The van der Waals surface area contributed by atoms with Crippen molar-refractivity contribution in [1.29, 1.82) is 0 Å². The topological polar surface area (TPSA) is 149 Å². The zero-order valence-corrected chi connectivity index (χ0v) is 19.3. The van der Waals surface area contributed by atoms with Gasteiger partial charge >= 0.3 is 0 Å². The minimum Gasteiger partial charge on any atom is -0.733 e. The second kappa shape index (κ2) is 8.99. The van der Waals surface area contributed by atoms with Gasteiger partial charge in [-0.1, -0.05) is 30.3 Å². The molecule has 34 heavy (non-hydrogen) atoms. The molecule has 0 aliphatic carbocycles. The summed E-state index contributed by atoms with van der Waals surface area (Å²) < 4.78 is 65.3. The van der Waals surface area contributed by atoms with Gasteiger partial charge in [0.2, 0.25) is 5.09 Å². The first-order chi connectivity index (χ1) is 16.1. The lowest BCUT2D eigenvalue weighted by molar-refractivity contribution is 0.296. The molecule has 12 heteroatoms. The molecule has 0 spiro atoms. The smallest absolute Gasteiger partial charge is 0.295 e. The van der Waals surface area contributed by atoms with Gasteiger partial charge in [-0.05, 0) is 35.9 Å². The summed E-state index contributed by atoms with van der Waals surface area (Å²) in [5.74, 6) is -0.328. The molecule has 0 atom stereocenters. The molecule has 3 aromatic carbocycles. The number of nitrogens with zero attached hydrogens (tertiary/aromatic N) is 1. The van der Waals surface area contributed by atoms with Crippen molar-refractivity contribution in [2.24, 2.45) is 0 Å². The molecule has 0 fully saturated rings. The summed E-state index contributed by atoms with van der Waals surface area (Å²) in [5.41, 5.74) is 0.198. The molecule has 0 unspecified atom stereocenters. The van der Waals surface area contributed by atoms with Crippen LogP contribution >= 0.6 is 0 Å². The van der Waals surface area contributed by atoms with E-state index in [-0.39, 0.29) is 37.9 Å². The van der Waals surface area contributed by atoms with E-state index in [1.165, 1.54) is 55.6 Å². The molecule has 1 heterocycles. The fourth-order valence-corrected chi connectivity index (χ4v) is 5.93. The van der Waals surface area contributed by atoms with Gasteiger partial charge in [0.1, 0.15) is 11.3 Å². The number of sulfone groups is 1. The van der Waals surface area contributed by atoms with Crippen LogP contribution in [0.3, 0.4) is 0 Å². The molecule has 0 saturated carbocycles. The summed E-state index contributed by atoms with van der Waals surface area (Å²) in [6, 6.07) is 17.3. The van der Waals surface area contributed by atoms with Gasteiger partial charge < -0.3 is 19.6 Å². The van der Waals surface area contributed by atoms with Crippen molar-refractivity contribution in [3.05, 3.63) is 83.6 Å². The second-order valence-electron chi connectivity index (χ2n) is 7.27. The normalized spacial score (nSPS) is 12.0. The first kappa shape index (κ1) is 23.6. The minimum atomic E-state index is -4.29. The molecule has 0 saturated heterocycles. The van der Waals surface area contributed by atoms with Crippen LogP contribution in [0.15, 0.2) is 87.2 Å². The zero-order chi connectivity index (χ0) is 24.5. The average molecular weight is 504 g/mol. The maximum atomic E-state index is 13.2. The van der Waals surface area contributed by atoms with Gasteiger partial charge in [-0.2, -0.15) is 8.42 Å². The number of ether oxygens (including phenoxy) is 1. The van der Waals surface area contributed by atoms with Gasteiger partial charge in [-0.15, -0.1) is 0 Å². The quantitative estimate of drug-likeness (QED) is 0.341. The fraction of sp³-hybridized carbons (Fsp3) is 0.0909. The van der Waals surface area contributed by atoms with Gasteiger partial charge in [0.25, 0.3) is 10.0 Å². The molecule has 2 N–H and O–H groups in total. The maximum Gasteiger partial charge on any atom is 0.295 e. The van der Waals surface area contributed by atoms with E-state index < -0.39 is 25.6 Å². The zero-order valence-electron chi connectivity index (χ0n) is 17.7. The number of benzene rings is 3. The third-order valence-corrected chi connectivity index (χ3v) is 7.88. The number of hydrogen-bond acceptors (Lipinski definition) is 9. The predicted molar refractivity (Wildman–Crippen MR) is 125 cm³/mol. The van der Waals surface area contributed by atoms with Gasteiger partial charge in [-0.3, -0.25) is 9.93 Å². The lowest BCUT2D eigenvalue weighted by Gasteiger charge is -2.22. The maximum absolute atomic E-state index is 13.2. The number of fused-ring (bicyclic) bond motifs is 1. The van der Waals surface area contributed by atoms with E-state index in [0.717, 1.165) is 0 Å². The van der Waals surface area contributed by atoms with Crippen LogP contribution < -0.4 is 14.7 Å². The molecule has 1 aromatic heterocycles. The Labute approximate surface area is 195 Å². The molecule has 4 rings (SSSR count). The fourth-order valence-electron chi connectivity index (χ4n) is 3.33. The third-order valence-electron chi connectivity index (χ3n) is 4.92. The molecule has 0 radical (unpaired) electrons. The highest BCUT2D eigenvalue weighted by molar-refractivity contribution is 7.93. The van der Waals surface area contributed by atoms with Crippen molar-refractivity contribution in [3.63, 3.8) is 0 Å². The summed E-state index contributed by atoms with van der Waals surface area (Å²) >= 11 is 0. The summed E-state index contributed by atoms with van der Waals surface area (Å²) in [6.45, 7) is 0. The highest BCUT2D eigenvalue weighted by Gasteiger charge is 2.26. The van der Waals surface area contributed by atoms with E-state index in [2.05, 4.69) is 4.72 Å². The number of sulfonamides is 1. The van der Waals surface area contributed by atoms with Gasteiger partial charge in [-0.25, -0.2) is 8.42 Å². The van der Waals surface area contributed by atoms with Crippen LogP contribution in [0.2, 0.25) is 0 Å². The Morgan fingerprint density at radius 2 is 1.76 bits per heavy atom. The number of nitrogens with one attached hydrogen (secondary N) is 1. The monoisotopic (exact) mass is 503 g/mol. The SMILES string of the molecule is COc1ccc(S(=O)(=O)Cc2cccc(N([O-])O)c2)c(NS(=O)(=O)c2cc3ccccc3o2)c1. The van der Waals surface area contributed by atoms with Crippen LogP contribution in [-0.4, -0.2) is 29.2 Å². The summed E-state index contributed by atoms with van der Waals surface area (Å²) in [4.78, 5) is -0.304. The Morgan fingerprint density at radius 1 is 1.00 bits per heavy atom. The standard InChI is InChI=1S/C22H19N2O8S2/c1-31-18-9-10-21(33(27,28)14-15-5-4-7-17(11-15)24(25)26)19(13-18)23-34(29,30)22-12-16-6-2-3-8-20(16)32-22/h2-13,23,25H,14H2,1H3/q-1. The number of para-hydroxylation sites is 1. The first-order valence-electron chi connectivity index (χ1n) is 9.76. The first-order valence-corrected chi connectivity index (χ1v) is 12.9. The van der Waals surface area contributed by atoms with E-state index >= 15 is 0 Å². The number of methoxy groups -OCH3 is 1. The van der Waals surface area contributed by atoms with Crippen LogP contribution in [0.25, 0.3) is 11.0 Å². The molecule has 4 aromatic rings. The molecular formula is C22H19N2O8S2-. The van der Waals surface area contributed by atoms with Crippen LogP contribution in [0, 0.1) is 5.21 Å². The minimum absolute atomic E-state index is 0.145. The van der Waals surface area contributed by atoms with E-state index in [0.29, 0.717) is 11.0 Å². The lowest BCUT2D eigenvalue weighted by atomic mass is 10.2. The second-order valence-corrected chi connectivity index (χ2v) is 10.8.